The van der Waals surface area contributed by atoms with Gasteiger partial charge in [-0.15, -0.1) is 0 Å². The Hall–Kier alpha value is -2.11. The van der Waals surface area contributed by atoms with E-state index in [4.69, 9.17) is 4.42 Å². The fourth-order valence-electron chi connectivity index (χ4n) is 2.71. The molecule has 1 N–H and O–H groups in total. The lowest BCUT2D eigenvalue weighted by atomic mass is 9.93. The number of aryl methyl sites for hydroxylation is 1. The van der Waals surface area contributed by atoms with Gasteiger partial charge in [0.25, 0.3) is 5.91 Å². The van der Waals surface area contributed by atoms with Crippen molar-refractivity contribution in [3.05, 3.63) is 23.7 Å². The molecule has 20 heavy (non-hydrogen) atoms. The standard InChI is InChI=1S/C14H17N3O3/c1-17-13(18)6-5-11(16-17)14(19)15-10-3-2-4-12-9(10)7-8-20-12/h7-8,10H,2-6H2,1H3,(H,15,19). The average molecular weight is 275 g/mol. The summed E-state index contributed by atoms with van der Waals surface area (Å²) in [4.78, 5) is 23.6. The molecule has 6 nitrogen and oxygen atoms in total. The van der Waals surface area contributed by atoms with Crippen LogP contribution in [0.25, 0.3) is 0 Å². The van der Waals surface area contributed by atoms with Crippen molar-refractivity contribution in [3.63, 3.8) is 0 Å². The van der Waals surface area contributed by atoms with Gasteiger partial charge in [0.1, 0.15) is 11.5 Å². The molecule has 1 aliphatic carbocycles. The Morgan fingerprint density at radius 2 is 2.30 bits per heavy atom. The molecule has 1 unspecified atom stereocenters. The van der Waals surface area contributed by atoms with Crippen molar-refractivity contribution in [2.75, 3.05) is 7.05 Å². The van der Waals surface area contributed by atoms with Gasteiger partial charge in [0.05, 0.1) is 12.3 Å². The van der Waals surface area contributed by atoms with Crippen molar-refractivity contribution in [3.8, 4) is 0 Å². The van der Waals surface area contributed by atoms with Gasteiger partial charge >= 0.3 is 0 Å². The van der Waals surface area contributed by atoms with Crippen LogP contribution in [0.5, 0.6) is 0 Å². The van der Waals surface area contributed by atoms with Gasteiger partial charge in [0.15, 0.2) is 0 Å². The summed E-state index contributed by atoms with van der Waals surface area (Å²) in [6.45, 7) is 0. The maximum atomic E-state index is 12.2. The molecule has 2 heterocycles. The molecule has 1 aliphatic heterocycles. The van der Waals surface area contributed by atoms with Crippen molar-refractivity contribution in [2.45, 2.75) is 38.1 Å². The second-order valence-electron chi connectivity index (χ2n) is 5.18. The number of carbonyl (C=O) groups excluding carboxylic acids is 2. The first-order chi connectivity index (χ1) is 9.65. The second kappa shape index (κ2) is 5.11. The topological polar surface area (TPSA) is 74.9 Å². The summed E-state index contributed by atoms with van der Waals surface area (Å²) in [6, 6.07) is 1.90. The maximum Gasteiger partial charge on any atom is 0.267 e. The summed E-state index contributed by atoms with van der Waals surface area (Å²) in [5, 5.41) is 8.27. The second-order valence-corrected chi connectivity index (χ2v) is 5.18. The Morgan fingerprint density at radius 1 is 1.45 bits per heavy atom. The lowest BCUT2D eigenvalue weighted by molar-refractivity contribution is -0.130. The zero-order valence-corrected chi connectivity index (χ0v) is 11.4. The number of amides is 2. The van der Waals surface area contributed by atoms with E-state index in [1.165, 1.54) is 5.01 Å². The Bertz CT molecular complexity index is 576. The lowest BCUT2D eigenvalue weighted by Crippen LogP contribution is -2.39. The van der Waals surface area contributed by atoms with Crippen LogP contribution in [0.1, 0.15) is 43.0 Å². The van der Waals surface area contributed by atoms with Gasteiger partial charge in [-0.3, -0.25) is 9.59 Å². The summed E-state index contributed by atoms with van der Waals surface area (Å²) in [5.74, 6) is 0.708. The van der Waals surface area contributed by atoms with E-state index in [-0.39, 0.29) is 17.9 Å². The van der Waals surface area contributed by atoms with Crippen molar-refractivity contribution in [1.82, 2.24) is 10.3 Å². The molecule has 0 fully saturated rings. The minimum atomic E-state index is -0.191. The van der Waals surface area contributed by atoms with Gasteiger partial charge in [-0.2, -0.15) is 5.10 Å². The van der Waals surface area contributed by atoms with Crippen LogP contribution in [0.2, 0.25) is 0 Å². The van der Waals surface area contributed by atoms with Gasteiger partial charge in [-0.05, 0) is 18.9 Å². The van der Waals surface area contributed by atoms with Crippen LogP contribution < -0.4 is 5.32 Å². The molecule has 1 aromatic heterocycles. The van der Waals surface area contributed by atoms with Crippen LogP contribution in [0.4, 0.5) is 0 Å². The highest BCUT2D eigenvalue weighted by atomic mass is 16.3. The van der Waals surface area contributed by atoms with E-state index in [2.05, 4.69) is 10.4 Å². The Balaban J connectivity index is 1.72. The maximum absolute atomic E-state index is 12.2. The predicted molar refractivity (Wildman–Crippen MR) is 72.0 cm³/mol. The summed E-state index contributed by atoms with van der Waals surface area (Å²) in [7, 11) is 1.57. The lowest BCUT2D eigenvalue weighted by Gasteiger charge is -2.24. The third kappa shape index (κ3) is 2.33. The number of furan rings is 1. The molecule has 106 valence electrons. The van der Waals surface area contributed by atoms with E-state index in [9.17, 15) is 9.59 Å². The zero-order chi connectivity index (χ0) is 14.1. The molecule has 1 aromatic rings. The van der Waals surface area contributed by atoms with Crippen LogP contribution in [0.3, 0.4) is 0 Å². The van der Waals surface area contributed by atoms with Gasteiger partial charge < -0.3 is 9.73 Å². The molecule has 0 spiro atoms. The Morgan fingerprint density at radius 3 is 3.10 bits per heavy atom. The number of nitrogens with zero attached hydrogens (tertiary/aromatic N) is 2. The van der Waals surface area contributed by atoms with E-state index in [1.54, 1.807) is 13.3 Å². The molecule has 0 radical (unpaired) electrons. The number of fused-ring (bicyclic) bond motifs is 1. The summed E-state index contributed by atoms with van der Waals surface area (Å²) < 4.78 is 5.41. The molecule has 2 amide bonds. The molecule has 3 rings (SSSR count). The normalized spacial score (nSPS) is 22.2. The largest absolute Gasteiger partial charge is 0.469 e. The minimum Gasteiger partial charge on any atom is -0.469 e. The molecule has 0 saturated heterocycles. The predicted octanol–water partition coefficient (Wildman–Crippen LogP) is 1.38. The fraction of sp³-hybridized carbons (Fsp3) is 0.500. The van der Waals surface area contributed by atoms with Crippen molar-refractivity contribution >= 4 is 17.5 Å². The third-order valence-electron chi connectivity index (χ3n) is 3.83. The molecule has 0 saturated carbocycles. The van der Waals surface area contributed by atoms with Crippen molar-refractivity contribution < 1.29 is 14.0 Å². The number of hydrogen-bond donors (Lipinski definition) is 1. The van der Waals surface area contributed by atoms with E-state index < -0.39 is 0 Å². The molecular weight excluding hydrogens is 258 g/mol. The quantitative estimate of drug-likeness (QED) is 0.886. The monoisotopic (exact) mass is 275 g/mol. The fourth-order valence-corrected chi connectivity index (χ4v) is 2.71. The molecule has 1 atom stereocenters. The third-order valence-corrected chi connectivity index (χ3v) is 3.83. The zero-order valence-electron chi connectivity index (χ0n) is 11.4. The first kappa shape index (κ1) is 12.9. The Kier molecular flexibility index (Phi) is 3.30. The highest BCUT2D eigenvalue weighted by molar-refractivity contribution is 6.39. The van der Waals surface area contributed by atoms with Gasteiger partial charge in [0, 0.05) is 31.9 Å². The van der Waals surface area contributed by atoms with Crippen LogP contribution in [0, 0.1) is 0 Å². The summed E-state index contributed by atoms with van der Waals surface area (Å²) in [6.07, 6.45) is 5.23. The first-order valence-electron chi connectivity index (χ1n) is 6.86. The number of rotatable bonds is 2. The van der Waals surface area contributed by atoms with Gasteiger partial charge in [-0.25, -0.2) is 5.01 Å². The minimum absolute atomic E-state index is 0.0179. The molecule has 6 heteroatoms. The molecule has 0 bridgehead atoms. The van der Waals surface area contributed by atoms with Crippen LogP contribution >= 0.6 is 0 Å². The summed E-state index contributed by atoms with van der Waals surface area (Å²) >= 11 is 0. The number of nitrogens with one attached hydrogen (secondary N) is 1. The van der Waals surface area contributed by atoms with Crippen LogP contribution in [-0.4, -0.2) is 29.6 Å². The number of hydrazone groups is 1. The summed E-state index contributed by atoms with van der Waals surface area (Å²) in [5.41, 5.74) is 1.48. The van der Waals surface area contributed by atoms with E-state index >= 15 is 0 Å². The number of hydrogen-bond acceptors (Lipinski definition) is 4. The first-order valence-corrected chi connectivity index (χ1v) is 6.86. The highest BCUT2D eigenvalue weighted by Gasteiger charge is 2.27. The Labute approximate surface area is 116 Å². The van der Waals surface area contributed by atoms with E-state index in [0.29, 0.717) is 18.6 Å². The smallest absolute Gasteiger partial charge is 0.267 e. The van der Waals surface area contributed by atoms with Gasteiger partial charge in [0.2, 0.25) is 5.91 Å². The van der Waals surface area contributed by atoms with Crippen molar-refractivity contribution in [2.24, 2.45) is 5.10 Å². The molecule has 2 aliphatic rings. The average Bonchev–Trinajstić information content (AvgIpc) is 2.91. The highest BCUT2D eigenvalue weighted by Crippen LogP contribution is 2.30. The van der Waals surface area contributed by atoms with E-state index in [0.717, 1.165) is 30.6 Å². The number of carbonyl (C=O) groups is 2. The van der Waals surface area contributed by atoms with Crippen LogP contribution in [-0.2, 0) is 16.0 Å². The molecule has 0 aromatic carbocycles. The van der Waals surface area contributed by atoms with E-state index in [1.807, 2.05) is 6.07 Å². The van der Waals surface area contributed by atoms with Crippen LogP contribution in [0.15, 0.2) is 21.8 Å². The van der Waals surface area contributed by atoms with Gasteiger partial charge in [-0.1, -0.05) is 0 Å². The SMILES string of the molecule is CN1N=C(C(=O)NC2CCCc3occc32)CCC1=O. The molecular formula is C14H17N3O3. The van der Waals surface area contributed by atoms with Crippen molar-refractivity contribution in [1.29, 1.82) is 0 Å².